The van der Waals surface area contributed by atoms with E-state index in [9.17, 15) is 4.79 Å². The van der Waals surface area contributed by atoms with E-state index in [1.807, 2.05) is 39.8 Å². The number of H-pyrrole nitrogens is 1. The Balaban J connectivity index is 2.62. The van der Waals surface area contributed by atoms with Gasteiger partial charge in [-0.25, -0.2) is 0 Å². The lowest BCUT2D eigenvalue weighted by atomic mass is 10.1. The highest BCUT2D eigenvalue weighted by Crippen LogP contribution is 2.31. The van der Waals surface area contributed by atoms with E-state index in [1.54, 1.807) is 6.08 Å². The van der Waals surface area contributed by atoms with Crippen LogP contribution in [0.3, 0.4) is 0 Å². The van der Waals surface area contributed by atoms with Gasteiger partial charge in [0.1, 0.15) is 11.5 Å². The molecule has 4 nitrogen and oxygen atoms in total. The Kier molecular flexibility index (Phi) is 5.40. The predicted octanol–water partition coefficient (Wildman–Crippen LogP) is 3.66. The van der Waals surface area contributed by atoms with Crippen molar-refractivity contribution in [2.45, 2.75) is 34.1 Å². The van der Waals surface area contributed by atoms with Gasteiger partial charge in [0, 0.05) is 11.3 Å². The van der Waals surface area contributed by atoms with Crippen molar-refractivity contribution in [3.05, 3.63) is 62.6 Å². The molecule has 2 rings (SSSR count). The second-order valence-electron chi connectivity index (χ2n) is 5.66. The maximum absolute atomic E-state index is 12.3. The normalized spacial score (nSPS) is 11.2. The summed E-state index contributed by atoms with van der Waals surface area (Å²) in [6.45, 7) is 7.78. The van der Waals surface area contributed by atoms with E-state index in [2.05, 4.69) is 11.1 Å². The number of benzene rings is 1. The minimum atomic E-state index is -0.219. The summed E-state index contributed by atoms with van der Waals surface area (Å²) in [4.78, 5) is 15.1. The Morgan fingerprint density at radius 2 is 1.83 bits per heavy atom. The average Bonchev–Trinajstić information content (AvgIpc) is 2.46. The Morgan fingerprint density at radius 1 is 1.17 bits per heavy atom. The third-order valence-corrected chi connectivity index (χ3v) is 3.68. The second kappa shape index (κ2) is 7.29. The zero-order valence-corrected chi connectivity index (χ0v) is 14.1. The monoisotopic (exact) mass is 313 g/mol. The molecule has 4 heteroatoms. The summed E-state index contributed by atoms with van der Waals surface area (Å²) in [6, 6.07) is 5.97. The van der Waals surface area contributed by atoms with Crippen molar-refractivity contribution in [3.63, 3.8) is 0 Å². The molecule has 0 atom stereocenters. The number of rotatable bonds is 5. The topological polar surface area (TPSA) is 62.3 Å². The molecule has 1 heterocycles. The Bertz CT molecular complexity index is 768. The number of aromatic nitrogens is 1. The van der Waals surface area contributed by atoms with Crippen molar-refractivity contribution in [2.24, 2.45) is 0 Å². The van der Waals surface area contributed by atoms with E-state index >= 15 is 0 Å². The molecule has 0 aliphatic rings. The highest BCUT2D eigenvalue weighted by molar-refractivity contribution is 5.61. The summed E-state index contributed by atoms with van der Waals surface area (Å²) in [5, 5.41) is 9.01. The van der Waals surface area contributed by atoms with Crippen LogP contribution in [0.2, 0.25) is 0 Å². The maximum Gasteiger partial charge on any atom is 0.259 e. The van der Waals surface area contributed by atoms with E-state index < -0.39 is 0 Å². The number of aryl methyl sites for hydroxylation is 3. The van der Waals surface area contributed by atoms with Crippen LogP contribution >= 0.6 is 0 Å². The summed E-state index contributed by atoms with van der Waals surface area (Å²) in [7, 11) is 0. The van der Waals surface area contributed by atoms with Crippen LogP contribution < -0.4 is 10.3 Å². The largest absolute Gasteiger partial charge is 0.456 e. The van der Waals surface area contributed by atoms with Gasteiger partial charge < -0.3 is 14.8 Å². The lowest BCUT2D eigenvalue weighted by Crippen LogP contribution is -2.15. The van der Waals surface area contributed by atoms with E-state index in [-0.39, 0.29) is 12.2 Å². The van der Waals surface area contributed by atoms with Gasteiger partial charge in [-0.1, -0.05) is 19.1 Å². The van der Waals surface area contributed by atoms with Gasteiger partial charge in [-0.05, 0) is 56.5 Å². The molecule has 122 valence electrons. The van der Waals surface area contributed by atoms with Gasteiger partial charge in [0.2, 0.25) is 0 Å². The van der Waals surface area contributed by atoms with Crippen molar-refractivity contribution in [1.29, 1.82) is 0 Å². The third-order valence-electron chi connectivity index (χ3n) is 3.68. The summed E-state index contributed by atoms with van der Waals surface area (Å²) < 4.78 is 6.10. The molecule has 0 bridgehead atoms. The van der Waals surface area contributed by atoms with Crippen LogP contribution in [0.5, 0.6) is 11.5 Å². The molecule has 2 N–H and O–H groups in total. The molecular formula is C19H23NO3. The highest BCUT2D eigenvalue weighted by Gasteiger charge is 2.15. The summed E-state index contributed by atoms with van der Waals surface area (Å²) >= 11 is 0. The summed E-state index contributed by atoms with van der Waals surface area (Å²) in [6.07, 6.45) is 3.88. The molecule has 0 spiro atoms. The minimum Gasteiger partial charge on any atom is -0.456 e. The van der Waals surface area contributed by atoms with Gasteiger partial charge >= 0.3 is 0 Å². The van der Waals surface area contributed by atoms with Crippen LogP contribution in [0.25, 0.3) is 6.08 Å². The van der Waals surface area contributed by atoms with E-state index in [1.165, 1.54) is 6.08 Å². The van der Waals surface area contributed by atoms with Crippen LogP contribution in [-0.4, -0.2) is 16.7 Å². The molecule has 23 heavy (non-hydrogen) atoms. The third kappa shape index (κ3) is 3.90. The van der Waals surface area contributed by atoms with Gasteiger partial charge in [-0.2, -0.15) is 0 Å². The molecular weight excluding hydrogens is 290 g/mol. The summed E-state index contributed by atoms with van der Waals surface area (Å²) in [5.41, 5.74) is 4.18. The number of hydrogen-bond acceptors (Lipinski definition) is 3. The van der Waals surface area contributed by atoms with E-state index in [0.717, 1.165) is 28.8 Å². The quantitative estimate of drug-likeness (QED) is 0.885. The number of aromatic amines is 1. The molecule has 0 fully saturated rings. The molecule has 0 aliphatic heterocycles. The first-order valence-corrected chi connectivity index (χ1v) is 7.75. The molecule has 1 aromatic carbocycles. The maximum atomic E-state index is 12.3. The smallest absolute Gasteiger partial charge is 0.259 e. The van der Waals surface area contributed by atoms with E-state index in [0.29, 0.717) is 17.1 Å². The molecule has 1 aromatic heterocycles. The number of aliphatic hydroxyl groups excluding tert-OH is 1. The standard InChI is InChI=1S/C19H23NO3/c1-5-16-14(4)20-19(22)17(7-6-8-21)18(16)23-15-10-12(2)9-13(3)11-15/h6-7,9-11,21H,5,8H2,1-4H3,(H,20,22)/b7-6+. The fourth-order valence-corrected chi connectivity index (χ4v) is 2.72. The Labute approximate surface area is 136 Å². The van der Waals surface area contributed by atoms with Crippen molar-refractivity contribution >= 4 is 6.08 Å². The van der Waals surface area contributed by atoms with Gasteiger partial charge in [0.05, 0.1) is 12.2 Å². The number of hydrogen-bond donors (Lipinski definition) is 2. The molecule has 0 aliphatic carbocycles. The van der Waals surface area contributed by atoms with Crippen molar-refractivity contribution in [3.8, 4) is 11.5 Å². The van der Waals surface area contributed by atoms with Crippen molar-refractivity contribution in [2.75, 3.05) is 6.61 Å². The highest BCUT2D eigenvalue weighted by atomic mass is 16.5. The molecule has 0 saturated heterocycles. The van der Waals surface area contributed by atoms with E-state index in [4.69, 9.17) is 9.84 Å². The molecule has 0 unspecified atom stereocenters. The summed E-state index contributed by atoms with van der Waals surface area (Å²) in [5.74, 6) is 1.27. The first-order valence-electron chi connectivity index (χ1n) is 7.75. The van der Waals surface area contributed by atoms with Gasteiger partial charge in [-0.15, -0.1) is 0 Å². The van der Waals surface area contributed by atoms with Gasteiger partial charge in [0.25, 0.3) is 5.56 Å². The molecule has 0 radical (unpaired) electrons. The zero-order chi connectivity index (χ0) is 17.0. The number of nitrogens with one attached hydrogen (secondary N) is 1. The predicted molar refractivity (Wildman–Crippen MR) is 93.3 cm³/mol. The first-order chi connectivity index (χ1) is 11.0. The lowest BCUT2D eigenvalue weighted by Gasteiger charge is -2.16. The van der Waals surface area contributed by atoms with Crippen LogP contribution in [0.1, 0.15) is 34.9 Å². The van der Waals surface area contributed by atoms with Crippen LogP contribution in [0.15, 0.2) is 29.1 Å². The van der Waals surface area contributed by atoms with Crippen molar-refractivity contribution in [1.82, 2.24) is 4.98 Å². The SMILES string of the molecule is CCc1c(C)[nH]c(=O)c(/C=C/CO)c1Oc1cc(C)cc(C)c1. The lowest BCUT2D eigenvalue weighted by molar-refractivity contribution is 0.343. The number of ether oxygens (including phenoxy) is 1. The first kappa shape index (κ1) is 17.0. The average molecular weight is 313 g/mol. The Hall–Kier alpha value is -2.33. The van der Waals surface area contributed by atoms with Crippen LogP contribution in [0.4, 0.5) is 0 Å². The number of aliphatic hydroxyl groups is 1. The second-order valence-corrected chi connectivity index (χ2v) is 5.66. The number of pyridine rings is 1. The molecule has 0 saturated carbocycles. The molecule has 2 aromatic rings. The minimum absolute atomic E-state index is 0.127. The fraction of sp³-hybridized carbons (Fsp3) is 0.316. The van der Waals surface area contributed by atoms with Crippen LogP contribution in [-0.2, 0) is 6.42 Å². The van der Waals surface area contributed by atoms with Crippen LogP contribution in [0, 0.1) is 20.8 Å². The van der Waals surface area contributed by atoms with Gasteiger partial charge in [0.15, 0.2) is 0 Å². The fourth-order valence-electron chi connectivity index (χ4n) is 2.72. The Morgan fingerprint density at radius 3 is 2.39 bits per heavy atom. The van der Waals surface area contributed by atoms with Crippen molar-refractivity contribution < 1.29 is 9.84 Å². The zero-order valence-electron chi connectivity index (χ0n) is 14.1. The van der Waals surface area contributed by atoms with Gasteiger partial charge in [-0.3, -0.25) is 4.79 Å². The molecule has 0 amide bonds.